The standard InChI is InChI=1S/C8H8F2N2O2/c1-14-6(13)2-4-5(9)3-12-8(11)7(4)10/h3H,2H2,1H3,(H2,11,12). The number of esters is 1. The molecule has 4 nitrogen and oxygen atoms in total. The molecule has 0 aliphatic heterocycles. The number of methoxy groups -OCH3 is 1. The summed E-state index contributed by atoms with van der Waals surface area (Å²) in [5, 5.41) is 0. The summed E-state index contributed by atoms with van der Waals surface area (Å²) in [4.78, 5) is 14.0. The Hall–Kier alpha value is -1.72. The molecule has 0 fully saturated rings. The van der Waals surface area contributed by atoms with E-state index in [0.29, 0.717) is 0 Å². The molecule has 0 aliphatic carbocycles. The third-order valence-corrected chi connectivity index (χ3v) is 1.64. The fourth-order valence-corrected chi connectivity index (χ4v) is 0.899. The maximum absolute atomic E-state index is 13.1. The molecule has 2 N–H and O–H groups in total. The highest BCUT2D eigenvalue weighted by Gasteiger charge is 2.16. The minimum absolute atomic E-state index is 0.427. The van der Waals surface area contributed by atoms with E-state index < -0.39 is 35.4 Å². The van der Waals surface area contributed by atoms with Crippen LogP contribution in [0.3, 0.4) is 0 Å². The van der Waals surface area contributed by atoms with Gasteiger partial charge in [0.05, 0.1) is 19.7 Å². The summed E-state index contributed by atoms with van der Waals surface area (Å²) in [6.07, 6.45) is 0.261. The Kier molecular flexibility index (Phi) is 2.95. The molecular weight excluding hydrogens is 194 g/mol. The molecule has 0 unspecified atom stereocenters. The summed E-state index contributed by atoms with van der Waals surface area (Å²) >= 11 is 0. The Balaban J connectivity index is 3.06. The maximum atomic E-state index is 13.1. The minimum Gasteiger partial charge on any atom is -0.469 e. The fourth-order valence-electron chi connectivity index (χ4n) is 0.899. The van der Waals surface area contributed by atoms with Crippen LogP contribution >= 0.6 is 0 Å². The van der Waals surface area contributed by atoms with Gasteiger partial charge in [-0.1, -0.05) is 0 Å². The maximum Gasteiger partial charge on any atom is 0.310 e. The highest BCUT2D eigenvalue weighted by molar-refractivity contribution is 5.72. The van der Waals surface area contributed by atoms with Gasteiger partial charge in [0.1, 0.15) is 5.82 Å². The molecular formula is C8H8F2N2O2. The molecule has 1 rings (SSSR count). The number of nitrogens with two attached hydrogens (primary N) is 1. The molecule has 0 radical (unpaired) electrons. The molecule has 1 aromatic rings. The van der Waals surface area contributed by atoms with Gasteiger partial charge in [-0.2, -0.15) is 0 Å². The van der Waals surface area contributed by atoms with Crippen LogP contribution in [0.5, 0.6) is 0 Å². The van der Waals surface area contributed by atoms with E-state index in [9.17, 15) is 13.6 Å². The zero-order valence-corrected chi connectivity index (χ0v) is 7.38. The van der Waals surface area contributed by atoms with Crippen molar-refractivity contribution in [3.8, 4) is 0 Å². The van der Waals surface area contributed by atoms with E-state index in [4.69, 9.17) is 5.73 Å². The first-order valence-electron chi connectivity index (χ1n) is 3.71. The summed E-state index contributed by atoms with van der Waals surface area (Å²) in [5.41, 5.74) is 4.68. The van der Waals surface area contributed by atoms with Gasteiger partial charge in [-0.25, -0.2) is 13.8 Å². The first-order valence-corrected chi connectivity index (χ1v) is 3.71. The Morgan fingerprint density at radius 3 is 2.86 bits per heavy atom. The van der Waals surface area contributed by atoms with Gasteiger partial charge in [-0.05, 0) is 0 Å². The van der Waals surface area contributed by atoms with E-state index in [-0.39, 0.29) is 0 Å². The van der Waals surface area contributed by atoms with Crippen molar-refractivity contribution in [2.45, 2.75) is 6.42 Å². The minimum atomic E-state index is -1.02. The number of carbonyl (C=O) groups is 1. The molecule has 0 spiro atoms. The average Bonchev–Trinajstić information content (AvgIpc) is 2.18. The number of carbonyl (C=O) groups excluding carboxylic acids is 1. The van der Waals surface area contributed by atoms with Gasteiger partial charge < -0.3 is 10.5 Å². The van der Waals surface area contributed by atoms with Crippen LogP contribution in [0.2, 0.25) is 0 Å². The number of pyridine rings is 1. The van der Waals surface area contributed by atoms with Crippen molar-refractivity contribution in [1.29, 1.82) is 0 Å². The normalized spacial score (nSPS) is 9.93. The number of ether oxygens (including phenoxy) is 1. The van der Waals surface area contributed by atoms with Crippen molar-refractivity contribution in [3.05, 3.63) is 23.4 Å². The molecule has 0 bridgehead atoms. The first-order chi connectivity index (χ1) is 6.56. The van der Waals surface area contributed by atoms with Gasteiger partial charge in [0.15, 0.2) is 11.6 Å². The van der Waals surface area contributed by atoms with Crippen LogP contribution in [0.4, 0.5) is 14.6 Å². The Bertz CT molecular complexity index is 369. The zero-order valence-electron chi connectivity index (χ0n) is 7.38. The van der Waals surface area contributed by atoms with E-state index in [0.717, 1.165) is 13.3 Å². The average molecular weight is 202 g/mol. The van der Waals surface area contributed by atoms with Crippen molar-refractivity contribution in [1.82, 2.24) is 4.98 Å². The van der Waals surface area contributed by atoms with E-state index in [1.54, 1.807) is 0 Å². The second-order valence-corrected chi connectivity index (χ2v) is 2.54. The summed E-state index contributed by atoms with van der Waals surface area (Å²) < 4.78 is 30.4. The lowest BCUT2D eigenvalue weighted by atomic mass is 10.1. The Morgan fingerprint density at radius 2 is 2.29 bits per heavy atom. The molecule has 0 saturated carbocycles. The van der Waals surface area contributed by atoms with Gasteiger partial charge in [-0.15, -0.1) is 0 Å². The van der Waals surface area contributed by atoms with Crippen molar-refractivity contribution in [3.63, 3.8) is 0 Å². The van der Waals surface area contributed by atoms with Gasteiger partial charge in [0.25, 0.3) is 0 Å². The van der Waals surface area contributed by atoms with Gasteiger partial charge >= 0.3 is 5.97 Å². The second kappa shape index (κ2) is 3.99. The van der Waals surface area contributed by atoms with E-state index in [1.165, 1.54) is 0 Å². The lowest BCUT2D eigenvalue weighted by Gasteiger charge is -2.04. The molecule has 0 atom stereocenters. The van der Waals surface area contributed by atoms with Crippen LogP contribution in [0.25, 0.3) is 0 Å². The van der Waals surface area contributed by atoms with Crippen LogP contribution in [-0.4, -0.2) is 18.1 Å². The molecule has 1 heterocycles. The van der Waals surface area contributed by atoms with Gasteiger partial charge in [0, 0.05) is 5.56 Å². The third kappa shape index (κ3) is 1.95. The molecule has 6 heteroatoms. The molecule has 14 heavy (non-hydrogen) atoms. The number of nitrogen functional groups attached to an aromatic ring is 1. The number of rotatable bonds is 2. The van der Waals surface area contributed by atoms with Gasteiger partial charge in [0.2, 0.25) is 0 Å². The summed E-state index contributed by atoms with van der Waals surface area (Å²) in [6, 6.07) is 0. The Labute approximate surface area is 78.7 Å². The molecule has 76 valence electrons. The lowest BCUT2D eigenvalue weighted by Crippen LogP contribution is -2.10. The number of aromatic nitrogens is 1. The van der Waals surface area contributed by atoms with E-state index in [1.807, 2.05) is 0 Å². The topological polar surface area (TPSA) is 65.2 Å². The summed E-state index contributed by atoms with van der Waals surface area (Å²) in [6.45, 7) is 0. The first kappa shape index (κ1) is 10.4. The van der Waals surface area contributed by atoms with Crippen molar-refractivity contribution in [2.24, 2.45) is 0 Å². The lowest BCUT2D eigenvalue weighted by molar-refractivity contribution is -0.139. The molecule has 0 amide bonds. The van der Waals surface area contributed by atoms with E-state index in [2.05, 4.69) is 9.72 Å². The van der Waals surface area contributed by atoms with Crippen molar-refractivity contribution < 1.29 is 18.3 Å². The van der Waals surface area contributed by atoms with Crippen LogP contribution in [-0.2, 0) is 16.0 Å². The molecule has 1 aromatic heterocycles. The van der Waals surface area contributed by atoms with E-state index >= 15 is 0 Å². The smallest absolute Gasteiger partial charge is 0.310 e. The fraction of sp³-hybridized carbons (Fsp3) is 0.250. The monoisotopic (exact) mass is 202 g/mol. The van der Waals surface area contributed by atoms with Crippen LogP contribution in [0.1, 0.15) is 5.56 Å². The predicted octanol–water partition coefficient (Wildman–Crippen LogP) is 0.657. The van der Waals surface area contributed by atoms with Gasteiger partial charge in [-0.3, -0.25) is 4.79 Å². The summed E-state index contributed by atoms with van der Waals surface area (Å²) in [7, 11) is 1.13. The van der Waals surface area contributed by atoms with Crippen molar-refractivity contribution >= 4 is 11.8 Å². The molecule has 0 saturated heterocycles. The van der Waals surface area contributed by atoms with Crippen LogP contribution < -0.4 is 5.73 Å². The quantitative estimate of drug-likeness (QED) is 0.715. The van der Waals surface area contributed by atoms with Crippen LogP contribution in [0, 0.1) is 11.6 Å². The predicted molar refractivity (Wildman–Crippen MR) is 44.3 cm³/mol. The SMILES string of the molecule is COC(=O)Cc1c(F)cnc(N)c1F. The highest BCUT2D eigenvalue weighted by Crippen LogP contribution is 2.16. The van der Waals surface area contributed by atoms with Crippen molar-refractivity contribution in [2.75, 3.05) is 12.8 Å². The summed E-state index contributed by atoms with van der Waals surface area (Å²) in [5.74, 6) is -3.11. The highest BCUT2D eigenvalue weighted by atomic mass is 19.1. The zero-order chi connectivity index (χ0) is 10.7. The molecule has 0 aromatic carbocycles. The number of hydrogen-bond acceptors (Lipinski definition) is 4. The number of hydrogen-bond donors (Lipinski definition) is 1. The number of nitrogens with zero attached hydrogens (tertiary/aromatic N) is 1. The number of halogens is 2. The number of anilines is 1. The van der Waals surface area contributed by atoms with Crippen LogP contribution in [0.15, 0.2) is 6.20 Å². The Morgan fingerprint density at radius 1 is 1.64 bits per heavy atom. The molecule has 0 aliphatic rings. The second-order valence-electron chi connectivity index (χ2n) is 2.54. The third-order valence-electron chi connectivity index (χ3n) is 1.64. The largest absolute Gasteiger partial charge is 0.469 e.